The molecule has 2 aliphatic carbocycles. The molecule has 10 radical (unpaired) electrons. The molecule has 2 aromatic carbocycles. The number of benzene rings is 2. The first-order valence-electron chi connectivity index (χ1n) is 12.3. The molecule has 2 aliphatic rings. The molecule has 6 heteroatoms. The Labute approximate surface area is 239 Å². The van der Waals surface area contributed by atoms with Gasteiger partial charge >= 0.3 is 17.1 Å². The van der Waals surface area contributed by atoms with Gasteiger partial charge in [-0.1, -0.05) is 57.2 Å². The maximum atomic E-state index is 14.7. The molecule has 0 heterocycles. The Balaban J connectivity index is 0.000000716. The van der Waals surface area contributed by atoms with Crippen LogP contribution in [-0.2, 0) is 32.4 Å². The molecule has 1 N–H and O–H groups in total. The second-order valence-electron chi connectivity index (χ2n) is 10.9. The topological polar surface area (TPSA) is 46.2 Å². The van der Waals surface area contributed by atoms with Crippen LogP contribution in [0.1, 0.15) is 41.5 Å². The van der Waals surface area contributed by atoms with Crippen LogP contribution in [0.15, 0.2) is 60.7 Å². The molecular weight excluding hydrogens is 537 g/mol. The van der Waals surface area contributed by atoms with Gasteiger partial charge in [0.25, 0.3) is 0 Å². The Morgan fingerprint density at radius 2 is 1.14 bits per heavy atom. The maximum absolute atomic E-state index is 14.7. The number of rotatable bonds is 6. The van der Waals surface area contributed by atoms with Gasteiger partial charge in [-0.3, -0.25) is 13.9 Å². The smallest absolute Gasteiger partial charge is 0.297 e. The van der Waals surface area contributed by atoms with Crippen molar-refractivity contribution in [1.82, 2.24) is 5.09 Å². The first-order chi connectivity index (χ1) is 16.9. The van der Waals surface area contributed by atoms with Gasteiger partial charge in [-0.05, 0) is 102 Å². The normalized spacial score (nSPS) is 19.0. The number of hydrogen-bond acceptors (Lipinski definition) is 2. The summed E-state index contributed by atoms with van der Waals surface area (Å²) in [6.45, 7) is 12.3. The van der Waals surface area contributed by atoms with E-state index >= 15 is 0 Å². The molecule has 3 nitrogen and oxygen atoms in total. The zero-order valence-electron chi connectivity index (χ0n) is 22.5. The van der Waals surface area contributed by atoms with Crippen molar-refractivity contribution in [3.8, 4) is 0 Å². The zero-order chi connectivity index (χ0) is 26.4. The summed E-state index contributed by atoms with van der Waals surface area (Å²) in [4.78, 5) is 0. The fourth-order valence-corrected chi connectivity index (χ4v) is 7.89. The third-order valence-electron chi connectivity index (χ3n) is 5.85. The summed E-state index contributed by atoms with van der Waals surface area (Å²) in [5.74, 6) is 0.952. The molecule has 2 fully saturated rings. The van der Waals surface area contributed by atoms with Crippen LogP contribution in [0, 0.1) is 67.9 Å². The summed E-state index contributed by atoms with van der Waals surface area (Å²) in [6.07, 6.45) is 15.9. The largest absolute Gasteiger partial charge is 2.00 e. The average molecular weight is 576 g/mol. The van der Waals surface area contributed by atoms with E-state index in [-0.39, 0.29) is 33.3 Å². The molecule has 0 spiro atoms. The summed E-state index contributed by atoms with van der Waals surface area (Å²) < 4.78 is 27.6. The molecule has 2 saturated carbocycles. The predicted molar refractivity (Wildman–Crippen MR) is 155 cm³/mol. The van der Waals surface area contributed by atoms with Crippen LogP contribution < -0.4 is 15.7 Å². The molecule has 0 aliphatic heterocycles. The Morgan fingerprint density at radius 1 is 0.703 bits per heavy atom. The van der Waals surface area contributed by atoms with Crippen LogP contribution in [0.3, 0.4) is 0 Å². The minimum atomic E-state index is -3.16. The second-order valence-corrected chi connectivity index (χ2v) is 15.6. The van der Waals surface area contributed by atoms with Gasteiger partial charge in [0.1, 0.15) is 0 Å². The van der Waals surface area contributed by atoms with E-state index in [0.717, 1.165) is 21.8 Å². The van der Waals surface area contributed by atoms with Crippen LogP contribution >= 0.6 is 7.29 Å². The monoisotopic (exact) mass is 575 g/mol. The summed E-state index contributed by atoms with van der Waals surface area (Å²) >= 11 is 0. The molecule has 37 heavy (non-hydrogen) atoms. The molecule has 4 rings (SSSR count). The van der Waals surface area contributed by atoms with E-state index in [1.54, 1.807) is 0 Å². The van der Waals surface area contributed by atoms with E-state index in [0.29, 0.717) is 0 Å². The Bertz CT molecular complexity index is 962. The summed E-state index contributed by atoms with van der Waals surface area (Å²) in [5, 5.41) is 5.91. The Morgan fingerprint density at radius 3 is 1.51 bits per heavy atom. The van der Waals surface area contributed by atoms with E-state index in [1.807, 2.05) is 133 Å². The minimum Gasteiger partial charge on any atom is -0.297 e. The van der Waals surface area contributed by atoms with Crippen molar-refractivity contribution in [2.75, 3.05) is 0 Å². The van der Waals surface area contributed by atoms with Gasteiger partial charge in [0.15, 0.2) is 0 Å². The van der Waals surface area contributed by atoms with Gasteiger partial charge in [0.2, 0.25) is 7.29 Å². The van der Waals surface area contributed by atoms with Crippen molar-refractivity contribution in [3.63, 3.8) is 0 Å². The summed E-state index contributed by atoms with van der Waals surface area (Å²) in [7, 11) is -4.34. The van der Waals surface area contributed by atoms with E-state index in [9.17, 15) is 8.77 Å². The van der Waals surface area contributed by atoms with E-state index in [2.05, 4.69) is 25.9 Å². The Hall–Kier alpha value is -0.701. The predicted octanol–water partition coefficient (Wildman–Crippen LogP) is 6.22. The maximum Gasteiger partial charge on any atom is 2.00 e. The van der Waals surface area contributed by atoms with Crippen LogP contribution in [0.4, 0.5) is 0 Å². The summed E-state index contributed by atoms with van der Waals surface area (Å²) in [6, 6.07) is 18.9. The van der Waals surface area contributed by atoms with Crippen molar-refractivity contribution < 1.29 is 25.8 Å². The van der Waals surface area contributed by atoms with Gasteiger partial charge in [0.05, 0.1) is 5.25 Å². The molecule has 2 aromatic rings. The van der Waals surface area contributed by atoms with Gasteiger partial charge in [-0.15, -0.1) is 0 Å². The molecule has 2 atom stereocenters. The van der Waals surface area contributed by atoms with Crippen LogP contribution in [0.25, 0.3) is 0 Å². The van der Waals surface area contributed by atoms with Gasteiger partial charge in [-0.2, -0.15) is 0 Å². The molecule has 0 aromatic heterocycles. The third kappa shape index (κ3) is 8.64. The zero-order valence-corrected chi connectivity index (χ0v) is 25.3. The van der Waals surface area contributed by atoms with Crippen molar-refractivity contribution in [2.24, 2.45) is 5.41 Å². The second kappa shape index (κ2) is 14.1. The van der Waals surface area contributed by atoms with E-state index in [4.69, 9.17) is 0 Å². The standard InChI is InChI=1S/C26H33NO2PS.C5H5.Fe/c1-25(2,3)24(22-18-13-19-23(22)31(29)26(4,5)6)27-30(28,20-14-9-7-10-15-20)21-16-11-8-12-17-21;1-2-4-5-3-1;/h7-19,24H,1-6H3,(H,27,28);1-5H;/q;;+2/t24-,31-;;/m1../s1. The quantitative estimate of drug-likeness (QED) is 0.329. The van der Waals surface area contributed by atoms with E-state index < -0.39 is 18.1 Å². The van der Waals surface area contributed by atoms with Crippen molar-refractivity contribution in [3.05, 3.63) is 123 Å². The fourth-order valence-electron chi connectivity index (χ4n) is 3.96. The molecule has 0 amide bonds. The fraction of sp³-hybridized carbons (Fsp3) is 0.290. The Kier molecular flexibility index (Phi) is 12.4. The van der Waals surface area contributed by atoms with Crippen LogP contribution in [-0.4, -0.2) is 15.0 Å². The first kappa shape index (κ1) is 32.5. The molecule has 196 valence electrons. The van der Waals surface area contributed by atoms with Gasteiger partial charge in [-0.25, -0.2) is 0 Å². The van der Waals surface area contributed by atoms with Crippen LogP contribution in [0.2, 0.25) is 0 Å². The molecular formula is C31H38FeNO2PS+2. The molecule has 0 unspecified atom stereocenters. The minimum absolute atomic E-state index is 0. The van der Waals surface area contributed by atoms with E-state index in [1.165, 1.54) is 0 Å². The van der Waals surface area contributed by atoms with Crippen LogP contribution in [0.5, 0.6) is 0 Å². The van der Waals surface area contributed by atoms with Gasteiger partial charge in [0, 0.05) is 38.1 Å². The summed E-state index contributed by atoms with van der Waals surface area (Å²) in [5.41, 5.74) is -0.260. The first-order valence-corrected chi connectivity index (χ1v) is 15.1. The van der Waals surface area contributed by atoms with Crippen molar-refractivity contribution in [2.45, 2.75) is 52.3 Å². The van der Waals surface area contributed by atoms with Crippen molar-refractivity contribution in [1.29, 1.82) is 0 Å². The molecule has 0 saturated heterocycles. The number of nitrogens with one attached hydrogen (secondary N) is 1. The molecule has 0 bridgehead atoms. The average Bonchev–Trinajstić information content (AvgIpc) is 3.57. The van der Waals surface area contributed by atoms with Crippen molar-refractivity contribution >= 4 is 28.7 Å². The number of hydrogen-bond donors (Lipinski definition) is 1. The SMILES string of the molecule is CC(C)(C)[C@H](NP(=O)(c1ccccc1)c1ccccc1)[C]1[CH][CH][CH][C]1[S@@](=O)C(C)(C)C.[CH]1[CH][CH][CH][CH]1.[Fe+2]. The third-order valence-corrected chi connectivity index (χ3v) is 10.4. The van der Waals surface area contributed by atoms with Gasteiger partial charge < -0.3 is 0 Å².